The predicted molar refractivity (Wildman–Crippen MR) is 130 cm³/mol. The molecule has 0 aromatic heterocycles. The van der Waals surface area contributed by atoms with Gasteiger partial charge in [-0.2, -0.15) is 0 Å². The van der Waals surface area contributed by atoms with E-state index in [1.807, 2.05) is 25.1 Å². The number of carbonyl (C=O) groups is 2. The zero-order valence-corrected chi connectivity index (χ0v) is 19.3. The summed E-state index contributed by atoms with van der Waals surface area (Å²) in [5.74, 6) is -0.475. The number of carbonyl (C=O) groups excluding carboxylic acids is 2. The summed E-state index contributed by atoms with van der Waals surface area (Å²) in [6.07, 6.45) is 0. The van der Waals surface area contributed by atoms with Crippen LogP contribution in [0.15, 0.2) is 72.4 Å². The van der Waals surface area contributed by atoms with E-state index in [1.165, 1.54) is 38.5 Å². The fraction of sp³-hybridized carbons (Fsp3) is 0.154. The quantitative estimate of drug-likeness (QED) is 0.529. The van der Waals surface area contributed by atoms with Crippen LogP contribution in [-0.2, 0) is 9.59 Å². The summed E-state index contributed by atoms with van der Waals surface area (Å²) in [5.41, 5.74) is 2.45. The van der Waals surface area contributed by atoms with Crippen molar-refractivity contribution in [1.82, 2.24) is 0 Å². The highest BCUT2D eigenvalue weighted by molar-refractivity contribution is 6.46. The topological polar surface area (TPSA) is 71.1 Å². The maximum atomic E-state index is 13.6. The number of imide groups is 1. The Morgan fingerprint density at radius 3 is 2.21 bits per heavy atom. The molecule has 0 unspecified atom stereocenters. The lowest BCUT2D eigenvalue weighted by Gasteiger charge is -2.19. The molecule has 3 aromatic rings. The first-order valence-electron chi connectivity index (χ1n) is 10.5. The zero-order valence-electron chi connectivity index (χ0n) is 19.3. The zero-order chi connectivity index (χ0) is 24.4. The molecule has 1 N–H and O–H groups in total. The lowest BCUT2D eigenvalue weighted by Crippen LogP contribution is -2.32. The van der Waals surface area contributed by atoms with Gasteiger partial charge in [-0.05, 0) is 48.0 Å². The van der Waals surface area contributed by atoms with Crippen molar-refractivity contribution in [2.45, 2.75) is 0 Å². The van der Waals surface area contributed by atoms with Gasteiger partial charge in [0.05, 0.1) is 25.5 Å². The maximum Gasteiger partial charge on any atom is 0.282 e. The minimum Gasteiger partial charge on any atom is -0.493 e. The fourth-order valence-electron chi connectivity index (χ4n) is 3.73. The molecule has 0 radical (unpaired) electrons. The van der Waals surface area contributed by atoms with Gasteiger partial charge < -0.3 is 19.7 Å². The molecule has 7 nitrogen and oxygen atoms in total. The molecule has 1 heterocycles. The number of rotatable bonds is 7. The van der Waals surface area contributed by atoms with E-state index < -0.39 is 17.6 Å². The van der Waals surface area contributed by atoms with Crippen LogP contribution < -0.4 is 24.6 Å². The first-order chi connectivity index (χ1) is 16.3. The molecular weight excluding hydrogens is 437 g/mol. The second kappa shape index (κ2) is 9.27. The molecule has 0 spiro atoms. The Labute approximate surface area is 197 Å². The highest BCUT2D eigenvalue weighted by atomic mass is 19.1. The van der Waals surface area contributed by atoms with E-state index in [1.54, 1.807) is 36.4 Å². The summed E-state index contributed by atoms with van der Waals surface area (Å²) in [6, 6.07) is 17.7. The van der Waals surface area contributed by atoms with Gasteiger partial charge in [0.2, 0.25) is 0 Å². The van der Waals surface area contributed by atoms with Crippen LogP contribution in [0.1, 0.15) is 5.56 Å². The Morgan fingerprint density at radius 1 is 0.853 bits per heavy atom. The van der Waals surface area contributed by atoms with E-state index in [-0.39, 0.29) is 11.3 Å². The van der Waals surface area contributed by atoms with Gasteiger partial charge in [0.1, 0.15) is 11.5 Å². The lowest BCUT2D eigenvalue weighted by molar-refractivity contribution is -0.120. The number of hydrogen-bond acceptors (Lipinski definition) is 6. The Morgan fingerprint density at radius 2 is 1.56 bits per heavy atom. The van der Waals surface area contributed by atoms with Crippen LogP contribution in [-0.4, -0.2) is 40.1 Å². The molecule has 0 bridgehead atoms. The van der Waals surface area contributed by atoms with Crippen molar-refractivity contribution in [3.8, 4) is 11.5 Å². The standard InChI is InChI=1S/C26H24FN3O4/c1-29(2)19-6-5-7-20(15-19)30-25(31)23(16-8-10-17(27)11-9-16)24(26(30)32)28-18-12-13-21(33-3)22(14-18)34-4/h5-15,28H,1-4H3. The van der Waals surface area contributed by atoms with Gasteiger partial charge in [-0.1, -0.05) is 18.2 Å². The minimum absolute atomic E-state index is 0.0825. The van der Waals surface area contributed by atoms with Crippen molar-refractivity contribution < 1.29 is 23.5 Å². The SMILES string of the molecule is COc1ccc(NC2=C(c3ccc(F)cc3)C(=O)N(c3cccc(N(C)C)c3)C2=O)cc1OC. The highest BCUT2D eigenvalue weighted by Crippen LogP contribution is 2.36. The predicted octanol–water partition coefficient (Wildman–Crippen LogP) is 4.31. The van der Waals surface area contributed by atoms with Crippen molar-refractivity contribution in [3.05, 3.63) is 83.8 Å². The van der Waals surface area contributed by atoms with Gasteiger partial charge in [-0.25, -0.2) is 9.29 Å². The average molecular weight is 461 g/mol. The first-order valence-corrected chi connectivity index (χ1v) is 10.5. The summed E-state index contributed by atoms with van der Waals surface area (Å²) in [4.78, 5) is 30.1. The molecule has 174 valence electrons. The third-order valence-corrected chi connectivity index (χ3v) is 5.47. The third-order valence-electron chi connectivity index (χ3n) is 5.47. The van der Waals surface area contributed by atoms with E-state index >= 15 is 0 Å². The van der Waals surface area contributed by atoms with Crippen LogP contribution in [0.3, 0.4) is 0 Å². The second-order valence-electron chi connectivity index (χ2n) is 7.81. The number of hydrogen-bond donors (Lipinski definition) is 1. The lowest BCUT2D eigenvalue weighted by atomic mass is 10.0. The number of benzene rings is 3. The number of amides is 2. The van der Waals surface area contributed by atoms with E-state index in [0.29, 0.717) is 28.4 Å². The number of ether oxygens (including phenoxy) is 2. The molecule has 3 aromatic carbocycles. The summed E-state index contributed by atoms with van der Waals surface area (Å²) in [6.45, 7) is 0. The van der Waals surface area contributed by atoms with Gasteiger partial charge in [0, 0.05) is 31.5 Å². The number of methoxy groups -OCH3 is 2. The molecule has 0 aliphatic carbocycles. The van der Waals surface area contributed by atoms with Crippen molar-refractivity contribution in [3.63, 3.8) is 0 Å². The monoisotopic (exact) mass is 461 g/mol. The van der Waals surface area contributed by atoms with E-state index in [2.05, 4.69) is 5.32 Å². The Hall–Kier alpha value is -4.33. The summed E-state index contributed by atoms with van der Waals surface area (Å²) >= 11 is 0. The van der Waals surface area contributed by atoms with E-state index in [4.69, 9.17) is 9.47 Å². The van der Waals surface area contributed by atoms with E-state index in [9.17, 15) is 14.0 Å². The molecule has 1 aliphatic rings. The number of nitrogens with one attached hydrogen (secondary N) is 1. The van der Waals surface area contributed by atoms with Crippen LogP contribution in [0, 0.1) is 5.82 Å². The van der Waals surface area contributed by atoms with Gasteiger partial charge in [0.25, 0.3) is 11.8 Å². The molecule has 2 amide bonds. The molecule has 1 aliphatic heterocycles. The van der Waals surface area contributed by atoms with Crippen molar-refractivity contribution in [2.75, 3.05) is 43.4 Å². The normalized spacial score (nSPS) is 13.4. The van der Waals surface area contributed by atoms with Crippen molar-refractivity contribution in [1.29, 1.82) is 0 Å². The maximum absolute atomic E-state index is 13.6. The van der Waals surface area contributed by atoms with Crippen molar-refractivity contribution >= 4 is 34.4 Å². The smallest absolute Gasteiger partial charge is 0.282 e. The molecule has 4 rings (SSSR count). The molecule has 0 fully saturated rings. The van der Waals surface area contributed by atoms with E-state index in [0.717, 1.165) is 10.6 Å². The van der Waals surface area contributed by atoms with Crippen LogP contribution in [0.5, 0.6) is 11.5 Å². The fourth-order valence-corrected chi connectivity index (χ4v) is 3.73. The van der Waals surface area contributed by atoms with Gasteiger partial charge >= 0.3 is 0 Å². The molecule has 8 heteroatoms. The van der Waals surface area contributed by atoms with Crippen LogP contribution in [0.25, 0.3) is 5.57 Å². The molecule has 0 saturated carbocycles. The molecule has 0 saturated heterocycles. The molecule has 34 heavy (non-hydrogen) atoms. The van der Waals surface area contributed by atoms with Crippen LogP contribution in [0.4, 0.5) is 21.5 Å². The van der Waals surface area contributed by atoms with Gasteiger partial charge in [-0.3, -0.25) is 9.59 Å². The van der Waals surface area contributed by atoms with Gasteiger partial charge in [-0.15, -0.1) is 0 Å². The molecular formula is C26H24FN3O4. The highest BCUT2D eigenvalue weighted by Gasteiger charge is 2.40. The number of anilines is 3. The average Bonchev–Trinajstić information content (AvgIpc) is 3.08. The largest absolute Gasteiger partial charge is 0.493 e. The van der Waals surface area contributed by atoms with Crippen LogP contribution >= 0.6 is 0 Å². The number of halogens is 1. The molecule has 0 atom stereocenters. The second-order valence-corrected chi connectivity index (χ2v) is 7.81. The Balaban J connectivity index is 1.81. The van der Waals surface area contributed by atoms with Crippen LogP contribution in [0.2, 0.25) is 0 Å². The Kier molecular flexibility index (Phi) is 6.23. The summed E-state index contributed by atoms with van der Waals surface area (Å²) in [7, 11) is 6.78. The third kappa shape index (κ3) is 4.17. The van der Waals surface area contributed by atoms with Gasteiger partial charge in [0.15, 0.2) is 11.5 Å². The number of nitrogens with zero attached hydrogens (tertiary/aromatic N) is 2. The summed E-state index contributed by atoms with van der Waals surface area (Å²) in [5, 5.41) is 3.08. The first kappa shape index (κ1) is 22.8. The minimum atomic E-state index is -0.519. The summed E-state index contributed by atoms with van der Waals surface area (Å²) < 4.78 is 24.2. The van der Waals surface area contributed by atoms with Crippen molar-refractivity contribution in [2.24, 2.45) is 0 Å². The Bertz CT molecular complexity index is 1290.